The zero-order valence-electron chi connectivity index (χ0n) is 26.1. The van der Waals surface area contributed by atoms with Crippen molar-refractivity contribution >= 4 is 13.6 Å². The number of aliphatic hydroxyl groups is 1. The SMILES string of the molecule is CCCCCCCCCCC/C=C\CCCCCCCCC(=O)OC[C@@H](O)COP(=O)(O)C(CC)[N+](C)(C)C. The van der Waals surface area contributed by atoms with Gasteiger partial charge in [0.15, 0.2) is 5.78 Å². The molecule has 0 bridgehead atoms. The van der Waals surface area contributed by atoms with E-state index < -0.39 is 19.5 Å². The molecule has 39 heavy (non-hydrogen) atoms. The topological polar surface area (TPSA) is 93.1 Å². The third-order valence-electron chi connectivity index (χ3n) is 7.17. The molecule has 0 aliphatic carbocycles. The number of rotatable bonds is 27. The number of nitrogens with zero attached hydrogens (tertiary/aromatic N) is 1. The molecule has 0 aromatic carbocycles. The van der Waals surface area contributed by atoms with Crippen LogP contribution in [-0.2, 0) is 18.6 Å². The number of unbranched alkanes of at least 4 members (excludes halogenated alkanes) is 15. The predicted molar refractivity (Wildman–Crippen MR) is 163 cm³/mol. The maximum atomic E-state index is 12.5. The first-order valence-electron chi connectivity index (χ1n) is 15.8. The van der Waals surface area contributed by atoms with Gasteiger partial charge in [0.25, 0.3) is 0 Å². The molecule has 0 spiro atoms. The van der Waals surface area contributed by atoms with Crippen LogP contribution in [0.5, 0.6) is 0 Å². The lowest BCUT2D eigenvalue weighted by Gasteiger charge is -2.35. The van der Waals surface area contributed by atoms with E-state index in [2.05, 4.69) is 19.1 Å². The first-order chi connectivity index (χ1) is 18.5. The smallest absolute Gasteiger partial charge is 0.385 e. The molecule has 0 aromatic rings. The van der Waals surface area contributed by atoms with Crippen LogP contribution in [0.2, 0.25) is 0 Å². The van der Waals surface area contributed by atoms with Crippen LogP contribution in [-0.4, -0.2) is 66.7 Å². The van der Waals surface area contributed by atoms with Crippen molar-refractivity contribution < 1.29 is 33.1 Å². The normalized spacial score (nSPS) is 15.4. The van der Waals surface area contributed by atoms with E-state index in [1.54, 1.807) is 0 Å². The van der Waals surface area contributed by atoms with E-state index in [9.17, 15) is 19.4 Å². The summed E-state index contributed by atoms with van der Waals surface area (Å²) < 4.78 is 23.1. The fourth-order valence-electron chi connectivity index (χ4n) is 4.85. The van der Waals surface area contributed by atoms with Crippen LogP contribution in [0, 0.1) is 0 Å². The van der Waals surface area contributed by atoms with E-state index >= 15 is 0 Å². The molecule has 0 saturated carbocycles. The summed E-state index contributed by atoms with van der Waals surface area (Å²) in [7, 11) is 1.58. The minimum absolute atomic E-state index is 0.230. The molecule has 0 amide bonds. The Morgan fingerprint density at radius 1 is 0.769 bits per heavy atom. The van der Waals surface area contributed by atoms with Gasteiger partial charge < -0.3 is 23.7 Å². The number of hydrogen-bond acceptors (Lipinski definition) is 5. The minimum Gasteiger partial charge on any atom is -0.463 e. The van der Waals surface area contributed by atoms with Gasteiger partial charge in [-0.3, -0.25) is 9.36 Å². The highest BCUT2D eigenvalue weighted by atomic mass is 31.2. The van der Waals surface area contributed by atoms with E-state index in [0.29, 0.717) is 12.8 Å². The van der Waals surface area contributed by atoms with Crippen molar-refractivity contribution in [3.63, 3.8) is 0 Å². The van der Waals surface area contributed by atoms with Crippen molar-refractivity contribution in [3.8, 4) is 0 Å². The third kappa shape index (κ3) is 22.6. The summed E-state index contributed by atoms with van der Waals surface area (Å²) in [4.78, 5) is 22.2. The van der Waals surface area contributed by atoms with Crippen molar-refractivity contribution in [1.29, 1.82) is 0 Å². The Hall–Kier alpha value is -0.720. The van der Waals surface area contributed by atoms with Gasteiger partial charge in [0.1, 0.15) is 12.7 Å². The molecule has 232 valence electrons. The summed E-state index contributed by atoms with van der Waals surface area (Å²) in [6, 6.07) is 0. The second-order valence-corrected chi connectivity index (χ2v) is 13.9. The summed E-state index contributed by atoms with van der Waals surface area (Å²) in [5.41, 5.74) is 0. The molecule has 0 aliphatic heterocycles. The monoisotopic (exact) mass is 576 g/mol. The van der Waals surface area contributed by atoms with Crippen LogP contribution in [0.3, 0.4) is 0 Å². The van der Waals surface area contributed by atoms with Crippen LogP contribution >= 0.6 is 7.60 Å². The van der Waals surface area contributed by atoms with Crippen molar-refractivity contribution in [2.45, 2.75) is 148 Å². The van der Waals surface area contributed by atoms with Crippen molar-refractivity contribution in [1.82, 2.24) is 0 Å². The Morgan fingerprint density at radius 2 is 1.23 bits per heavy atom. The van der Waals surface area contributed by atoms with Crippen LogP contribution < -0.4 is 0 Å². The van der Waals surface area contributed by atoms with Gasteiger partial charge in [-0.2, -0.15) is 0 Å². The zero-order chi connectivity index (χ0) is 29.4. The lowest BCUT2D eigenvalue weighted by molar-refractivity contribution is -0.883. The summed E-state index contributed by atoms with van der Waals surface area (Å²) in [6.45, 7) is 3.53. The van der Waals surface area contributed by atoms with E-state index in [1.807, 2.05) is 28.1 Å². The average molecular weight is 577 g/mol. The van der Waals surface area contributed by atoms with Crippen LogP contribution in [0.1, 0.15) is 136 Å². The second-order valence-electron chi connectivity index (χ2n) is 12.0. The number of carbonyl (C=O) groups is 1. The quantitative estimate of drug-likeness (QED) is 0.0337. The zero-order valence-corrected chi connectivity index (χ0v) is 27.0. The summed E-state index contributed by atoms with van der Waals surface area (Å²) in [6.07, 6.45) is 25.7. The van der Waals surface area contributed by atoms with Gasteiger partial charge >= 0.3 is 13.6 Å². The summed E-state index contributed by atoms with van der Waals surface area (Å²) in [5, 5.41) is 10.0. The molecule has 3 atom stereocenters. The molecule has 0 aromatic heterocycles. The van der Waals surface area contributed by atoms with Crippen molar-refractivity contribution in [3.05, 3.63) is 12.2 Å². The Labute approximate surface area is 240 Å². The van der Waals surface area contributed by atoms with Crippen LogP contribution in [0.25, 0.3) is 0 Å². The molecule has 0 radical (unpaired) electrons. The van der Waals surface area contributed by atoms with Crippen LogP contribution in [0.15, 0.2) is 12.2 Å². The van der Waals surface area contributed by atoms with Crippen molar-refractivity contribution in [2.75, 3.05) is 34.4 Å². The Bertz CT molecular complexity index is 664. The predicted octanol–water partition coefficient (Wildman–Crippen LogP) is 8.13. The van der Waals surface area contributed by atoms with Gasteiger partial charge in [0.2, 0.25) is 0 Å². The number of ether oxygens (including phenoxy) is 1. The second kappa shape index (κ2) is 23.9. The molecule has 7 nitrogen and oxygen atoms in total. The summed E-state index contributed by atoms with van der Waals surface area (Å²) in [5.74, 6) is -0.936. The van der Waals surface area contributed by atoms with Crippen molar-refractivity contribution in [2.24, 2.45) is 0 Å². The minimum atomic E-state index is -3.91. The number of carbonyl (C=O) groups excluding carboxylic acids is 1. The Morgan fingerprint density at radius 3 is 1.69 bits per heavy atom. The highest BCUT2D eigenvalue weighted by molar-refractivity contribution is 7.53. The van der Waals surface area contributed by atoms with Gasteiger partial charge in [0, 0.05) is 12.8 Å². The molecule has 0 rings (SSSR count). The molecule has 0 aliphatic rings. The maximum Gasteiger partial charge on any atom is 0.385 e. The highest BCUT2D eigenvalue weighted by Gasteiger charge is 2.41. The highest BCUT2D eigenvalue weighted by Crippen LogP contribution is 2.51. The molecular formula is C31H63NO6P+. The Kier molecular flexibility index (Phi) is 23.5. The number of allylic oxidation sites excluding steroid dienone is 2. The molecule has 0 fully saturated rings. The third-order valence-corrected chi connectivity index (χ3v) is 9.50. The largest absolute Gasteiger partial charge is 0.463 e. The lowest BCUT2D eigenvalue weighted by atomic mass is 10.1. The average Bonchev–Trinajstić information content (AvgIpc) is 2.87. The van der Waals surface area contributed by atoms with Gasteiger partial charge in [-0.05, 0) is 32.1 Å². The number of aliphatic hydroxyl groups excluding tert-OH is 1. The summed E-state index contributed by atoms with van der Waals surface area (Å²) >= 11 is 0. The first kappa shape index (κ1) is 38.3. The maximum absolute atomic E-state index is 12.5. The van der Waals surface area contributed by atoms with E-state index in [4.69, 9.17) is 9.26 Å². The molecule has 8 heteroatoms. The Balaban J connectivity index is 3.62. The first-order valence-corrected chi connectivity index (χ1v) is 17.5. The number of quaternary nitrogens is 1. The van der Waals surface area contributed by atoms with E-state index in [0.717, 1.165) is 25.7 Å². The molecule has 0 saturated heterocycles. The van der Waals surface area contributed by atoms with Gasteiger partial charge in [-0.15, -0.1) is 0 Å². The number of esters is 1. The lowest BCUT2D eigenvalue weighted by Crippen LogP contribution is -2.45. The standard InChI is InChI=1S/C31H62NO6P/c1-6-8-9-10-11-12-13-14-15-16-17-18-19-20-21-22-23-24-25-26-31(34)37-27-29(33)28-38-39(35,36)30(7-2)32(3,4)5/h17-18,29-30,33H,6-16,19-28H2,1-5H3/p+1/b18-17-/t29-,30?/m1/s1. The number of hydrogen-bond donors (Lipinski definition) is 2. The molecule has 0 heterocycles. The fraction of sp³-hybridized carbons (Fsp3) is 0.903. The van der Waals surface area contributed by atoms with Gasteiger partial charge in [-0.1, -0.05) is 103 Å². The fourth-order valence-corrected chi connectivity index (χ4v) is 6.75. The van der Waals surface area contributed by atoms with Gasteiger partial charge in [-0.25, -0.2) is 0 Å². The van der Waals surface area contributed by atoms with E-state index in [1.165, 1.54) is 83.5 Å². The van der Waals surface area contributed by atoms with Gasteiger partial charge in [0.05, 0.1) is 27.7 Å². The molecule has 2 unspecified atom stereocenters. The van der Waals surface area contributed by atoms with Crippen LogP contribution in [0.4, 0.5) is 0 Å². The molecular weight excluding hydrogens is 513 g/mol. The molecule has 2 N–H and O–H groups in total. The van der Waals surface area contributed by atoms with E-state index in [-0.39, 0.29) is 23.7 Å².